The SMILES string of the molecule is C[C@H](CCc1ccc(O)cc1)NC(=O)c1ccncc1F. The van der Waals surface area contributed by atoms with Gasteiger partial charge in [0, 0.05) is 12.2 Å². The van der Waals surface area contributed by atoms with E-state index in [-0.39, 0.29) is 17.4 Å². The Kier molecular flexibility index (Phi) is 4.87. The van der Waals surface area contributed by atoms with Gasteiger partial charge in [0.05, 0.1) is 11.8 Å². The molecule has 21 heavy (non-hydrogen) atoms. The van der Waals surface area contributed by atoms with Crippen molar-refractivity contribution in [1.29, 1.82) is 0 Å². The zero-order chi connectivity index (χ0) is 15.2. The summed E-state index contributed by atoms with van der Waals surface area (Å²) in [6.07, 6.45) is 3.90. The zero-order valence-corrected chi connectivity index (χ0v) is 11.7. The summed E-state index contributed by atoms with van der Waals surface area (Å²) < 4.78 is 13.4. The van der Waals surface area contributed by atoms with E-state index in [1.807, 2.05) is 19.1 Å². The molecule has 0 saturated carbocycles. The Bertz CT molecular complexity index is 614. The molecule has 2 N–H and O–H groups in total. The van der Waals surface area contributed by atoms with Crippen LogP contribution in [0.5, 0.6) is 5.75 Å². The van der Waals surface area contributed by atoms with Crippen LogP contribution >= 0.6 is 0 Å². The molecule has 1 atom stereocenters. The molecule has 1 amide bonds. The number of phenols is 1. The second-order valence-electron chi connectivity index (χ2n) is 4.94. The molecule has 0 saturated heterocycles. The molecule has 0 aliphatic carbocycles. The normalized spacial score (nSPS) is 11.9. The third kappa shape index (κ3) is 4.27. The lowest BCUT2D eigenvalue weighted by atomic mass is 10.1. The fourth-order valence-corrected chi connectivity index (χ4v) is 1.98. The minimum atomic E-state index is -0.624. The number of hydrogen-bond acceptors (Lipinski definition) is 3. The van der Waals surface area contributed by atoms with Gasteiger partial charge in [0.2, 0.25) is 0 Å². The molecule has 1 aromatic heterocycles. The van der Waals surface area contributed by atoms with E-state index in [1.165, 1.54) is 12.3 Å². The Morgan fingerprint density at radius 1 is 1.33 bits per heavy atom. The number of aromatic hydroxyl groups is 1. The average molecular weight is 288 g/mol. The Hall–Kier alpha value is -2.43. The first-order valence-corrected chi connectivity index (χ1v) is 6.74. The minimum absolute atomic E-state index is 0.00137. The van der Waals surface area contributed by atoms with E-state index in [2.05, 4.69) is 10.3 Å². The fourth-order valence-electron chi connectivity index (χ4n) is 1.98. The second-order valence-corrected chi connectivity index (χ2v) is 4.94. The van der Waals surface area contributed by atoms with Crippen LogP contribution in [0.1, 0.15) is 29.3 Å². The van der Waals surface area contributed by atoms with E-state index in [1.54, 1.807) is 12.1 Å². The fraction of sp³-hybridized carbons (Fsp3) is 0.250. The Balaban J connectivity index is 1.87. The van der Waals surface area contributed by atoms with Gasteiger partial charge in [-0.05, 0) is 43.5 Å². The van der Waals surface area contributed by atoms with Crippen LogP contribution in [-0.4, -0.2) is 22.0 Å². The summed E-state index contributed by atoms with van der Waals surface area (Å²) in [5.41, 5.74) is 1.07. The van der Waals surface area contributed by atoms with Crippen LogP contribution in [0.2, 0.25) is 0 Å². The molecule has 5 heteroatoms. The van der Waals surface area contributed by atoms with Gasteiger partial charge in [0.1, 0.15) is 5.75 Å². The summed E-state index contributed by atoms with van der Waals surface area (Å²) in [5.74, 6) is -0.831. The van der Waals surface area contributed by atoms with Crippen LogP contribution in [0.3, 0.4) is 0 Å². The maximum absolute atomic E-state index is 13.4. The van der Waals surface area contributed by atoms with Crippen molar-refractivity contribution in [2.24, 2.45) is 0 Å². The summed E-state index contributed by atoms with van der Waals surface area (Å²) in [7, 11) is 0. The monoisotopic (exact) mass is 288 g/mol. The number of carbonyl (C=O) groups excluding carboxylic acids is 1. The van der Waals surface area contributed by atoms with Gasteiger partial charge in [-0.15, -0.1) is 0 Å². The quantitative estimate of drug-likeness (QED) is 0.889. The van der Waals surface area contributed by atoms with Gasteiger partial charge in [-0.25, -0.2) is 4.39 Å². The summed E-state index contributed by atoms with van der Waals surface area (Å²) >= 11 is 0. The van der Waals surface area contributed by atoms with E-state index in [0.29, 0.717) is 0 Å². The number of aromatic nitrogens is 1. The van der Waals surface area contributed by atoms with Crippen molar-refractivity contribution in [1.82, 2.24) is 10.3 Å². The van der Waals surface area contributed by atoms with E-state index in [0.717, 1.165) is 24.6 Å². The molecule has 0 unspecified atom stereocenters. The van der Waals surface area contributed by atoms with Gasteiger partial charge in [-0.2, -0.15) is 0 Å². The highest BCUT2D eigenvalue weighted by molar-refractivity contribution is 5.94. The molecule has 0 aliphatic rings. The van der Waals surface area contributed by atoms with Crippen molar-refractivity contribution in [2.45, 2.75) is 25.8 Å². The molecule has 0 fully saturated rings. The van der Waals surface area contributed by atoms with Crippen molar-refractivity contribution in [3.63, 3.8) is 0 Å². The van der Waals surface area contributed by atoms with E-state index >= 15 is 0 Å². The molecular formula is C16H17FN2O2. The molecule has 0 aliphatic heterocycles. The highest BCUT2D eigenvalue weighted by Gasteiger charge is 2.13. The van der Waals surface area contributed by atoms with Crippen LogP contribution in [-0.2, 0) is 6.42 Å². The minimum Gasteiger partial charge on any atom is -0.508 e. The summed E-state index contributed by atoms with van der Waals surface area (Å²) in [6, 6.07) is 8.21. The number of hydrogen-bond donors (Lipinski definition) is 2. The zero-order valence-electron chi connectivity index (χ0n) is 11.7. The maximum atomic E-state index is 13.4. The molecular weight excluding hydrogens is 271 g/mol. The van der Waals surface area contributed by atoms with Crippen molar-refractivity contribution >= 4 is 5.91 Å². The molecule has 0 radical (unpaired) electrons. The maximum Gasteiger partial charge on any atom is 0.254 e. The van der Waals surface area contributed by atoms with Gasteiger partial charge in [-0.1, -0.05) is 12.1 Å². The highest BCUT2D eigenvalue weighted by Crippen LogP contribution is 2.12. The average Bonchev–Trinajstić information content (AvgIpc) is 2.47. The first-order valence-electron chi connectivity index (χ1n) is 6.74. The van der Waals surface area contributed by atoms with Crippen LogP contribution < -0.4 is 5.32 Å². The van der Waals surface area contributed by atoms with Crippen molar-refractivity contribution < 1.29 is 14.3 Å². The number of pyridine rings is 1. The first kappa shape index (κ1) is 15.0. The predicted octanol–water partition coefficient (Wildman–Crippen LogP) is 2.68. The first-order chi connectivity index (χ1) is 10.1. The van der Waals surface area contributed by atoms with E-state index in [9.17, 15) is 14.3 Å². The molecule has 2 aromatic rings. The molecule has 0 spiro atoms. The number of amides is 1. The van der Waals surface area contributed by atoms with Gasteiger partial charge >= 0.3 is 0 Å². The lowest BCUT2D eigenvalue weighted by Gasteiger charge is -2.14. The molecule has 1 heterocycles. The molecule has 1 aromatic carbocycles. The third-order valence-corrected chi connectivity index (χ3v) is 3.20. The third-order valence-electron chi connectivity index (χ3n) is 3.20. The number of rotatable bonds is 5. The Morgan fingerprint density at radius 2 is 2.05 bits per heavy atom. The van der Waals surface area contributed by atoms with Gasteiger partial charge in [0.25, 0.3) is 5.91 Å². The van der Waals surface area contributed by atoms with Crippen LogP contribution in [0.15, 0.2) is 42.7 Å². The number of nitrogens with zero attached hydrogens (tertiary/aromatic N) is 1. The van der Waals surface area contributed by atoms with Gasteiger partial charge in [0.15, 0.2) is 5.82 Å². The van der Waals surface area contributed by atoms with Crippen LogP contribution in [0.25, 0.3) is 0 Å². The van der Waals surface area contributed by atoms with E-state index < -0.39 is 11.7 Å². The number of phenolic OH excluding ortho intramolecular Hbond substituents is 1. The number of aryl methyl sites for hydroxylation is 1. The van der Waals surface area contributed by atoms with Crippen LogP contribution in [0.4, 0.5) is 4.39 Å². The summed E-state index contributed by atoms with van der Waals surface area (Å²) in [4.78, 5) is 15.5. The predicted molar refractivity (Wildman–Crippen MR) is 77.6 cm³/mol. The number of carbonyl (C=O) groups is 1. The largest absolute Gasteiger partial charge is 0.508 e. The smallest absolute Gasteiger partial charge is 0.254 e. The number of nitrogens with one attached hydrogen (secondary N) is 1. The standard InChI is InChI=1S/C16H17FN2O2/c1-11(2-3-12-4-6-13(20)7-5-12)19-16(21)14-8-9-18-10-15(14)17/h4-11,20H,2-3H2,1H3,(H,19,21)/t11-/m1/s1. The highest BCUT2D eigenvalue weighted by atomic mass is 19.1. The lowest BCUT2D eigenvalue weighted by molar-refractivity contribution is 0.0934. The number of halogens is 1. The molecule has 4 nitrogen and oxygen atoms in total. The number of benzene rings is 1. The second kappa shape index (κ2) is 6.83. The van der Waals surface area contributed by atoms with Gasteiger partial charge < -0.3 is 10.4 Å². The lowest BCUT2D eigenvalue weighted by Crippen LogP contribution is -2.33. The Morgan fingerprint density at radius 3 is 2.71 bits per heavy atom. The van der Waals surface area contributed by atoms with E-state index in [4.69, 9.17) is 0 Å². The van der Waals surface area contributed by atoms with Gasteiger partial charge in [-0.3, -0.25) is 9.78 Å². The van der Waals surface area contributed by atoms with Crippen molar-refractivity contribution in [2.75, 3.05) is 0 Å². The molecule has 110 valence electrons. The van der Waals surface area contributed by atoms with Crippen molar-refractivity contribution in [3.05, 3.63) is 59.7 Å². The Labute approximate surface area is 122 Å². The topological polar surface area (TPSA) is 62.2 Å². The van der Waals surface area contributed by atoms with Crippen molar-refractivity contribution in [3.8, 4) is 5.75 Å². The van der Waals surface area contributed by atoms with Crippen LogP contribution in [0, 0.1) is 5.82 Å². The molecule has 2 rings (SSSR count). The summed E-state index contributed by atoms with van der Waals surface area (Å²) in [6.45, 7) is 1.87. The summed E-state index contributed by atoms with van der Waals surface area (Å²) in [5, 5.41) is 12.0. The molecule has 0 bridgehead atoms.